The van der Waals surface area contributed by atoms with Crippen LogP contribution in [0.5, 0.6) is 0 Å². The largest absolute Gasteiger partial charge is 0.606 e. The lowest BCUT2D eigenvalue weighted by atomic mass is 10.1. The van der Waals surface area contributed by atoms with Crippen LogP contribution in [0.2, 0.25) is 0 Å². The molecule has 18 heavy (non-hydrogen) atoms. The van der Waals surface area contributed by atoms with Gasteiger partial charge in [-0.05, 0) is 42.3 Å². The van der Waals surface area contributed by atoms with Crippen molar-refractivity contribution in [3.8, 4) is 0 Å². The van der Waals surface area contributed by atoms with Crippen molar-refractivity contribution in [3.63, 3.8) is 0 Å². The Balaban J connectivity index is 1.97. The Labute approximate surface area is 109 Å². The summed E-state index contributed by atoms with van der Waals surface area (Å²) >= 11 is -1.16. The normalized spacial score (nSPS) is 15.5. The molecule has 1 aliphatic rings. The van der Waals surface area contributed by atoms with E-state index in [9.17, 15) is 9.35 Å². The first-order chi connectivity index (χ1) is 8.75. The minimum atomic E-state index is -1.16. The molecule has 0 saturated heterocycles. The van der Waals surface area contributed by atoms with Crippen LogP contribution in [0.25, 0.3) is 0 Å². The number of carbonyl (C=O) groups is 1. The molecule has 0 aliphatic heterocycles. The monoisotopic (exact) mass is 256 g/mol. The molecule has 0 N–H and O–H groups in total. The molecule has 3 heteroatoms. The molecule has 0 heterocycles. The van der Waals surface area contributed by atoms with E-state index in [1.807, 2.05) is 36.4 Å². The molecule has 3 rings (SSSR count). The summed E-state index contributed by atoms with van der Waals surface area (Å²) in [6.07, 6.45) is 1.35. The third-order valence-corrected chi connectivity index (χ3v) is 4.55. The van der Waals surface area contributed by atoms with E-state index in [4.69, 9.17) is 0 Å². The second-order valence-corrected chi connectivity index (χ2v) is 5.80. The predicted molar refractivity (Wildman–Crippen MR) is 70.2 cm³/mol. The van der Waals surface area contributed by atoms with Crippen molar-refractivity contribution in [2.24, 2.45) is 0 Å². The predicted octanol–water partition coefficient (Wildman–Crippen LogP) is 2.98. The van der Waals surface area contributed by atoms with Gasteiger partial charge < -0.3 is 4.55 Å². The lowest BCUT2D eigenvalue weighted by Gasteiger charge is -2.10. The molecule has 0 radical (unpaired) electrons. The maximum Gasteiger partial charge on any atom is 0.163 e. The maximum absolute atomic E-state index is 12.4. The van der Waals surface area contributed by atoms with Crippen LogP contribution in [0.15, 0.2) is 58.3 Å². The van der Waals surface area contributed by atoms with Gasteiger partial charge in [0.15, 0.2) is 15.6 Å². The molecule has 2 aromatic carbocycles. The molecular formula is C15H12O2S. The number of hydrogen-bond acceptors (Lipinski definition) is 2. The summed E-state index contributed by atoms with van der Waals surface area (Å²) in [6, 6.07) is 14.9. The molecule has 0 spiro atoms. The third kappa shape index (κ3) is 1.96. The maximum atomic E-state index is 12.4. The van der Waals surface area contributed by atoms with E-state index < -0.39 is 11.2 Å². The molecule has 1 aliphatic carbocycles. The molecule has 1 unspecified atom stereocenters. The van der Waals surface area contributed by atoms with Gasteiger partial charge in [0.1, 0.15) is 0 Å². The second-order valence-electron chi connectivity index (χ2n) is 4.32. The minimum Gasteiger partial charge on any atom is -0.606 e. The van der Waals surface area contributed by atoms with Crippen LogP contribution < -0.4 is 0 Å². The molecule has 0 fully saturated rings. The number of Topliss-reactive ketones (excluding diaryl/α,β-unsaturated/α-hetero) is 1. The number of rotatable bonds is 2. The van der Waals surface area contributed by atoms with Crippen molar-refractivity contribution >= 4 is 17.0 Å². The van der Waals surface area contributed by atoms with E-state index in [1.54, 1.807) is 12.1 Å². The highest BCUT2D eigenvalue weighted by Gasteiger charge is 2.23. The van der Waals surface area contributed by atoms with Crippen molar-refractivity contribution in [1.29, 1.82) is 0 Å². The van der Waals surface area contributed by atoms with E-state index in [0.717, 1.165) is 27.3 Å². The van der Waals surface area contributed by atoms with Crippen LogP contribution >= 0.6 is 0 Å². The lowest BCUT2D eigenvalue weighted by molar-refractivity contribution is 0.0994. The number of benzene rings is 2. The molecule has 0 aromatic heterocycles. The highest BCUT2D eigenvalue weighted by Crippen LogP contribution is 2.27. The fourth-order valence-electron chi connectivity index (χ4n) is 2.23. The Morgan fingerprint density at radius 1 is 0.944 bits per heavy atom. The lowest BCUT2D eigenvalue weighted by Crippen LogP contribution is -2.03. The van der Waals surface area contributed by atoms with E-state index >= 15 is 0 Å². The SMILES string of the molecule is O=C1CCc2cc([S+]([O-])c3ccccc3)ccc21. The number of carbonyl (C=O) groups excluding carboxylic acids is 1. The molecule has 90 valence electrons. The topological polar surface area (TPSA) is 40.1 Å². The summed E-state index contributed by atoms with van der Waals surface area (Å²) in [6.45, 7) is 0. The molecule has 2 aromatic rings. The summed E-state index contributed by atoms with van der Waals surface area (Å²) in [5.74, 6) is 0.196. The van der Waals surface area contributed by atoms with E-state index in [0.29, 0.717) is 6.42 Å². The first-order valence-corrected chi connectivity index (χ1v) is 7.03. The summed E-state index contributed by atoms with van der Waals surface area (Å²) < 4.78 is 12.4. The highest BCUT2D eigenvalue weighted by molar-refractivity contribution is 7.91. The summed E-state index contributed by atoms with van der Waals surface area (Å²) in [5.41, 5.74) is 1.82. The zero-order valence-electron chi connectivity index (χ0n) is 9.76. The first-order valence-electron chi connectivity index (χ1n) is 5.88. The Morgan fingerprint density at radius 2 is 1.72 bits per heavy atom. The van der Waals surface area contributed by atoms with Crippen molar-refractivity contribution in [2.75, 3.05) is 0 Å². The van der Waals surface area contributed by atoms with Gasteiger partial charge in [0.05, 0.1) is 0 Å². The average Bonchev–Trinajstić information content (AvgIpc) is 2.80. The molecule has 1 atom stereocenters. The van der Waals surface area contributed by atoms with Gasteiger partial charge in [-0.15, -0.1) is 0 Å². The zero-order valence-corrected chi connectivity index (χ0v) is 10.6. The van der Waals surface area contributed by atoms with Gasteiger partial charge in [-0.3, -0.25) is 4.79 Å². The zero-order chi connectivity index (χ0) is 12.5. The van der Waals surface area contributed by atoms with Crippen LogP contribution in [-0.2, 0) is 17.6 Å². The Bertz CT molecular complexity index is 593. The number of ketones is 1. The fraction of sp³-hybridized carbons (Fsp3) is 0.133. The molecule has 0 amide bonds. The quantitative estimate of drug-likeness (QED) is 0.775. The number of hydrogen-bond donors (Lipinski definition) is 0. The highest BCUT2D eigenvalue weighted by atomic mass is 32.2. The number of fused-ring (bicyclic) bond motifs is 1. The van der Waals surface area contributed by atoms with Crippen molar-refractivity contribution < 1.29 is 9.35 Å². The number of aryl methyl sites for hydroxylation is 1. The standard InChI is InChI=1S/C15H12O2S/c16-15-9-6-11-10-13(7-8-14(11)15)18(17)12-4-2-1-3-5-12/h1-5,7-8,10H,6,9H2. The van der Waals surface area contributed by atoms with Crippen molar-refractivity contribution in [3.05, 3.63) is 59.7 Å². The van der Waals surface area contributed by atoms with Crippen LogP contribution in [0.4, 0.5) is 0 Å². The minimum absolute atomic E-state index is 0.196. The Kier molecular flexibility index (Phi) is 2.94. The van der Waals surface area contributed by atoms with Crippen molar-refractivity contribution in [2.45, 2.75) is 22.6 Å². The Hall–Kier alpha value is -1.58. The second kappa shape index (κ2) is 4.59. The molecule has 2 nitrogen and oxygen atoms in total. The van der Waals surface area contributed by atoms with Gasteiger partial charge in [-0.1, -0.05) is 18.2 Å². The third-order valence-electron chi connectivity index (χ3n) is 3.17. The van der Waals surface area contributed by atoms with Crippen molar-refractivity contribution in [1.82, 2.24) is 0 Å². The van der Waals surface area contributed by atoms with Gasteiger partial charge in [0.2, 0.25) is 0 Å². The molecule has 0 saturated carbocycles. The first kappa shape index (κ1) is 11.5. The smallest absolute Gasteiger partial charge is 0.163 e. The summed E-state index contributed by atoms with van der Waals surface area (Å²) in [4.78, 5) is 13.1. The van der Waals surface area contributed by atoms with Gasteiger partial charge in [0, 0.05) is 23.2 Å². The summed E-state index contributed by atoms with van der Waals surface area (Å²) in [5, 5.41) is 0. The van der Waals surface area contributed by atoms with Crippen LogP contribution in [0, 0.1) is 0 Å². The van der Waals surface area contributed by atoms with Gasteiger partial charge in [-0.25, -0.2) is 0 Å². The molecular weight excluding hydrogens is 244 g/mol. The van der Waals surface area contributed by atoms with E-state index in [1.165, 1.54) is 0 Å². The van der Waals surface area contributed by atoms with Crippen LogP contribution in [0.3, 0.4) is 0 Å². The van der Waals surface area contributed by atoms with E-state index in [-0.39, 0.29) is 5.78 Å². The molecule has 0 bridgehead atoms. The summed E-state index contributed by atoms with van der Waals surface area (Å²) in [7, 11) is 0. The van der Waals surface area contributed by atoms with Crippen LogP contribution in [-0.4, -0.2) is 10.3 Å². The van der Waals surface area contributed by atoms with Gasteiger partial charge >= 0.3 is 0 Å². The fourth-order valence-corrected chi connectivity index (χ4v) is 3.34. The Morgan fingerprint density at radius 3 is 2.50 bits per heavy atom. The average molecular weight is 256 g/mol. The van der Waals surface area contributed by atoms with Gasteiger partial charge in [-0.2, -0.15) is 0 Å². The van der Waals surface area contributed by atoms with Gasteiger partial charge in [0.25, 0.3) is 0 Å². The van der Waals surface area contributed by atoms with E-state index in [2.05, 4.69) is 0 Å². The van der Waals surface area contributed by atoms with Crippen LogP contribution in [0.1, 0.15) is 22.3 Å².